The number of rotatable bonds is 6. The molecule has 2 N–H and O–H groups in total. The van der Waals surface area contributed by atoms with E-state index >= 15 is 0 Å². The van der Waals surface area contributed by atoms with Crippen LogP contribution in [0.3, 0.4) is 0 Å². The maximum Gasteiger partial charge on any atom is 0.328 e. The molecule has 0 aliphatic carbocycles. The van der Waals surface area contributed by atoms with Crippen molar-refractivity contribution < 1.29 is 23.8 Å². The van der Waals surface area contributed by atoms with E-state index in [1.54, 1.807) is 6.07 Å². The summed E-state index contributed by atoms with van der Waals surface area (Å²) in [6.45, 7) is 2.81. The standard InChI is InChI=1S/C14H18FNO4/c1-14(2,13(18)19)16-12(17)7-5-9-4-6-11(20-3)10(15)8-9/h4,6,8H,5,7H2,1-3H3,(H,16,17)(H,18,19). The first kappa shape index (κ1) is 15.9. The fourth-order valence-corrected chi connectivity index (χ4v) is 1.59. The first-order valence-corrected chi connectivity index (χ1v) is 6.13. The minimum atomic E-state index is -1.32. The van der Waals surface area contributed by atoms with Crippen molar-refractivity contribution in [1.29, 1.82) is 0 Å². The lowest BCUT2D eigenvalue weighted by Gasteiger charge is -2.20. The van der Waals surface area contributed by atoms with Crippen LogP contribution < -0.4 is 10.1 Å². The third-order valence-electron chi connectivity index (χ3n) is 2.84. The first-order valence-electron chi connectivity index (χ1n) is 6.13. The lowest BCUT2D eigenvalue weighted by molar-refractivity contribution is -0.146. The molecule has 0 unspecified atom stereocenters. The summed E-state index contributed by atoms with van der Waals surface area (Å²) >= 11 is 0. The molecule has 0 spiro atoms. The highest BCUT2D eigenvalue weighted by Crippen LogP contribution is 2.18. The molecule has 1 rings (SSSR count). The lowest BCUT2D eigenvalue weighted by Crippen LogP contribution is -2.49. The van der Waals surface area contributed by atoms with Crippen molar-refractivity contribution in [3.63, 3.8) is 0 Å². The Morgan fingerprint density at radius 1 is 1.40 bits per heavy atom. The average molecular weight is 283 g/mol. The van der Waals surface area contributed by atoms with E-state index in [1.165, 1.54) is 33.1 Å². The van der Waals surface area contributed by atoms with Gasteiger partial charge >= 0.3 is 5.97 Å². The molecule has 0 aliphatic heterocycles. The van der Waals surface area contributed by atoms with Crippen LogP contribution in [0.4, 0.5) is 4.39 Å². The molecule has 0 saturated heterocycles. The Morgan fingerprint density at radius 3 is 2.55 bits per heavy atom. The monoisotopic (exact) mass is 283 g/mol. The van der Waals surface area contributed by atoms with Crippen LogP contribution in [0.15, 0.2) is 18.2 Å². The van der Waals surface area contributed by atoms with Gasteiger partial charge in [-0.25, -0.2) is 9.18 Å². The van der Waals surface area contributed by atoms with Crippen LogP contribution >= 0.6 is 0 Å². The van der Waals surface area contributed by atoms with Gasteiger partial charge in [-0.1, -0.05) is 6.07 Å². The summed E-state index contributed by atoms with van der Waals surface area (Å²) in [5, 5.41) is 11.3. The van der Waals surface area contributed by atoms with Gasteiger partial charge in [0.05, 0.1) is 7.11 Å². The van der Waals surface area contributed by atoms with E-state index in [-0.39, 0.29) is 12.2 Å². The molecular weight excluding hydrogens is 265 g/mol. The Labute approximate surface area is 116 Å². The molecular formula is C14H18FNO4. The van der Waals surface area contributed by atoms with Gasteiger partial charge in [0, 0.05) is 6.42 Å². The zero-order valence-corrected chi connectivity index (χ0v) is 11.7. The predicted molar refractivity (Wildman–Crippen MR) is 71.1 cm³/mol. The highest BCUT2D eigenvalue weighted by Gasteiger charge is 2.28. The van der Waals surface area contributed by atoms with Crippen LogP contribution in [0.2, 0.25) is 0 Å². The molecule has 110 valence electrons. The Balaban J connectivity index is 2.57. The Bertz CT molecular complexity index is 514. The molecule has 0 bridgehead atoms. The summed E-state index contributed by atoms with van der Waals surface area (Å²) in [4.78, 5) is 22.5. The van der Waals surface area contributed by atoms with Crippen LogP contribution in [-0.2, 0) is 16.0 Å². The molecule has 0 atom stereocenters. The van der Waals surface area contributed by atoms with Crippen molar-refractivity contribution in [3.8, 4) is 5.75 Å². The van der Waals surface area contributed by atoms with E-state index in [9.17, 15) is 14.0 Å². The Kier molecular flexibility index (Phi) is 5.07. The molecule has 0 saturated carbocycles. The number of carbonyl (C=O) groups is 2. The molecule has 1 aromatic carbocycles. The molecule has 0 aromatic heterocycles. The number of carboxylic acids is 1. The molecule has 0 aliphatic rings. The molecule has 1 aromatic rings. The van der Waals surface area contributed by atoms with Crippen molar-refractivity contribution in [2.24, 2.45) is 0 Å². The zero-order chi connectivity index (χ0) is 15.3. The number of nitrogens with one attached hydrogen (secondary N) is 1. The van der Waals surface area contributed by atoms with Gasteiger partial charge in [0.2, 0.25) is 5.91 Å². The van der Waals surface area contributed by atoms with Crippen molar-refractivity contribution in [3.05, 3.63) is 29.6 Å². The van der Waals surface area contributed by atoms with Crippen molar-refractivity contribution in [2.75, 3.05) is 7.11 Å². The Morgan fingerprint density at radius 2 is 2.05 bits per heavy atom. The highest BCUT2D eigenvalue weighted by atomic mass is 19.1. The molecule has 0 fully saturated rings. The van der Waals surface area contributed by atoms with Crippen LogP contribution in [0.1, 0.15) is 25.8 Å². The number of carbonyl (C=O) groups excluding carboxylic acids is 1. The topological polar surface area (TPSA) is 75.6 Å². The summed E-state index contributed by atoms with van der Waals surface area (Å²) in [5.41, 5.74) is -0.672. The third kappa shape index (κ3) is 4.22. The van der Waals surface area contributed by atoms with Gasteiger partial charge in [0.1, 0.15) is 5.54 Å². The minimum absolute atomic E-state index is 0.0858. The normalized spacial score (nSPS) is 11.0. The first-order chi connectivity index (χ1) is 9.26. The van der Waals surface area contributed by atoms with E-state index in [4.69, 9.17) is 9.84 Å². The van der Waals surface area contributed by atoms with Gasteiger partial charge in [-0.15, -0.1) is 0 Å². The van der Waals surface area contributed by atoms with E-state index in [1.807, 2.05) is 0 Å². The van der Waals surface area contributed by atoms with Gasteiger partial charge in [-0.2, -0.15) is 0 Å². The number of methoxy groups -OCH3 is 1. The number of halogens is 1. The number of carboxylic acid groups (broad SMARTS) is 1. The average Bonchev–Trinajstić information content (AvgIpc) is 2.35. The molecule has 0 radical (unpaired) electrons. The quantitative estimate of drug-likeness (QED) is 0.834. The number of ether oxygens (including phenoxy) is 1. The minimum Gasteiger partial charge on any atom is -0.494 e. The van der Waals surface area contributed by atoms with Crippen LogP contribution in [0.5, 0.6) is 5.75 Å². The summed E-state index contributed by atoms with van der Waals surface area (Å²) in [7, 11) is 1.37. The van der Waals surface area contributed by atoms with E-state index in [0.29, 0.717) is 12.0 Å². The van der Waals surface area contributed by atoms with Gasteiger partial charge < -0.3 is 15.2 Å². The van der Waals surface area contributed by atoms with E-state index in [0.717, 1.165) is 0 Å². The second-order valence-corrected chi connectivity index (χ2v) is 4.95. The molecule has 6 heteroatoms. The Hall–Kier alpha value is -2.11. The summed E-state index contributed by atoms with van der Waals surface area (Å²) in [6, 6.07) is 4.45. The number of aliphatic carboxylic acids is 1. The second kappa shape index (κ2) is 6.36. The van der Waals surface area contributed by atoms with Crippen molar-refractivity contribution in [1.82, 2.24) is 5.32 Å². The summed E-state index contributed by atoms with van der Waals surface area (Å²) < 4.78 is 18.2. The number of amides is 1. The molecule has 20 heavy (non-hydrogen) atoms. The third-order valence-corrected chi connectivity index (χ3v) is 2.84. The molecule has 1 amide bonds. The van der Waals surface area contributed by atoms with Crippen LogP contribution in [-0.4, -0.2) is 29.6 Å². The van der Waals surface area contributed by atoms with Gasteiger partial charge in [0.15, 0.2) is 11.6 Å². The van der Waals surface area contributed by atoms with Gasteiger partial charge in [-0.3, -0.25) is 4.79 Å². The van der Waals surface area contributed by atoms with Gasteiger partial charge in [0.25, 0.3) is 0 Å². The van der Waals surface area contributed by atoms with E-state index in [2.05, 4.69) is 5.32 Å². The molecule has 5 nitrogen and oxygen atoms in total. The van der Waals surface area contributed by atoms with Crippen LogP contribution in [0.25, 0.3) is 0 Å². The van der Waals surface area contributed by atoms with Gasteiger partial charge in [-0.05, 0) is 38.0 Å². The van der Waals surface area contributed by atoms with Crippen LogP contribution in [0, 0.1) is 5.82 Å². The number of hydrogen-bond acceptors (Lipinski definition) is 3. The maximum atomic E-state index is 13.4. The summed E-state index contributed by atoms with van der Waals surface area (Å²) in [6.07, 6.45) is 0.408. The molecule has 0 heterocycles. The zero-order valence-electron chi connectivity index (χ0n) is 11.7. The lowest BCUT2D eigenvalue weighted by atomic mass is 10.0. The van der Waals surface area contributed by atoms with Crippen molar-refractivity contribution >= 4 is 11.9 Å². The second-order valence-electron chi connectivity index (χ2n) is 4.95. The number of aryl methyl sites for hydroxylation is 1. The summed E-state index contributed by atoms with van der Waals surface area (Å²) in [5.74, 6) is -1.85. The number of benzene rings is 1. The SMILES string of the molecule is COc1ccc(CCC(=O)NC(C)(C)C(=O)O)cc1F. The highest BCUT2D eigenvalue weighted by molar-refractivity contribution is 5.86. The van der Waals surface area contributed by atoms with E-state index < -0.39 is 23.2 Å². The van der Waals surface area contributed by atoms with Crippen molar-refractivity contribution in [2.45, 2.75) is 32.2 Å². The smallest absolute Gasteiger partial charge is 0.328 e. The maximum absolute atomic E-state index is 13.4. The largest absolute Gasteiger partial charge is 0.494 e. The fourth-order valence-electron chi connectivity index (χ4n) is 1.59. The fraction of sp³-hybridized carbons (Fsp3) is 0.429. The number of hydrogen-bond donors (Lipinski definition) is 2. The predicted octanol–water partition coefficient (Wildman–Crippen LogP) is 1.75.